The molecule has 0 bridgehead atoms. The third-order valence-corrected chi connectivity index (χ3v) is 2.51. The summed E-state index contributed by atoms with van der Waals surface area (Å²) < 4.78 is 0. The first-order valence-electron chi connectivity index (χ1n) is 5.61. The minimum atomic E-state index is -0.362. The average molecular weight is 253 g/mol. The molecular weight excluding hydrogens is 242 g/mol. The van der Waals surface area contributed by atoms with E-state index in [4.69, 9.17) is 5.26 Å². The van der Waals surface area contributed by atoms with Crippen LogP contribution < -0.4 is 10.9 Å². The summed E-state index contributed by atoms with van der Waals surface area (Å²) in [5.41, 5.74) is 1.69. The van der Waals surface area contributed by atoms with Gasteiger partial charge >= 0.3 is 0 Å². The number of hydrogen-bond acceptors (Lipinski definition) is 3. The van der Waals surface area contributed by atoms with Crippen LogP contribution in [-0.4, -0.2) is 10.9 Å². The summed E-state index contributed by atoms with van der Waals surface area (Å²) in [6, 6.07) is 11.3. The van der Waals surface area contributed by atoms with E-state index >= 15 is 0 Å². The van der Waals surface area contributed by atoms with Gasteiger partial charge in [0.1, 0.15) is 0 Å². The van der Waals surface area contributed by atoms with Crippen molar-refractivity contribution in [3.05, 3.63) is 63.6 Å². The molecule has 2 aromatic rings. The Balaban J connectivity index is 2.20. The third-order valence-electron chi connectivity index (χ3n) is 2.51. The summed E-state index contributed by atoms with van der Waals surface area (Å²) in [4.78, 5) is 25.8. The number of benzene rings is 1. The highest BCUT2D eigenvalue weighted by Gasteiger charge is 2.07. The van der Waals surface area contributed by atoms with Crippen molar-refractivity contribution in [1.29, 1.82) is 5.26 Å². The fourth-order valence-corrected chi connectivity index (χ4v) is 1.65. The second-order valence-corrected chi connectivity index (χ2v) is 4.06. The predicted molar refractivity (Wildman–Crippen MR) is 70.9 cm³/mol. The van der Waals surface area contributed by atoms with E-state index in [1.807, 2.05) is 6.07 Å². The lowest BCUT2D eigenvalue weighted by Gasteiger charge is -2.05. The summed E-state index contributed by atoms with van der Waals surface area (Å²) in [7, 11) is 0. The van der Waals surface area contributed by atoms with E-state index < -0.39 is 0 Å². The first-order valence-corrected chi connectivity index (χ1v) is 5.61. The van der Waals surface area contributed by atoms with E-state index in [0.29, 0.717) is 22.5 Å². The fourth-order valence-electron chi connectivity index (χ4n) is 1.65. The highest BCUT2D eigenvalue weighted by Crippen LogP contribution is 2.10. The summed E-state index contributed by atoms with van der Waals surface area (Å²) in [5, 5.41) is 11.3. The van der Waals surface area contributed by atoms with Crippen LogP contribution in [0.3, 0.4) is 0 Å². The predicted octanol–water partition coefficient (Wildman–Crippen LogP) is 1.81. The van der Waals surface area contributed by atoms with E-state index in [1.165, 1.54) is 6.07 Å². The van der Waals surface area contributed by atoms with Crippen molar-refractivity contribution < 1.29 is 4.79 Å². The number of H-pyrrole nitrogens is 1. The van der Waals surface area contributed by atoms with Gasteiger partial charge < -0.3 is 10.3 Å². The number of carbonyl (C=O) groups excluding carboxylic acids is 1. The smallest absolute Gasteiger partial charge is 0.255 e. The van der Waals surface area contributed by atoms with Gasteiger partial charge in [0.2, 0.25) is 5.56 Å². The van der Waals surface area contributed by atoms with Gasteiger partial charge in [-0.3, -0.25) is 9.59 Å². The zero-order valence-corrected chi connectivity index (χ0v) is 10.2. The SMILES string of the molecule is Cc1cc(C(=O)Nc2ccc(C#N)cc2)cc(=O)[nH]1. The maximum Gasteiger partial charge on any atom is 0.255 e. The second-order valence-electron chi connectivity index (χ2n) is 4.06. The van der Waals surface area contributed by atoms with E-state index in [1.54, 1.807) is 37.3 Å². The van der Waals surface area contributed by atoms with Gasteiger partial charge in [0, 0.05) is 23.0 Å². The van der Waals surface area contributed by atoms with Gasteiger partial charge in [0.15, 0.2) is 0 Å². The van der Waals surface area contributed by atoms with E-state index in [-0.39, 0.29) is 11.5 Å². The topological polar surface area (TPSA) is 85.8 Å². The van der Waals surface area contributed by atoms with E-state index in [0.717, 1.165) is 0 Å². The number of amides is 1. The van der Waals surface area contributed by atoms with Crippen molar-refractivity contribution in [2.24, 2.45) is 0 Å². The first-order chi connectivity index (χ1) is 9.08. The number of anilines is 1. The molecular formula is C14H11N3O2. The molecule has 1 aromatic carbocycles. The Morgan fingerprint density at radius 2 is 1.95 bits per heavy atom. The van der Waals surface area contributed by atoms with Crippen molar-refractivity contribution in [2.45, 2.75) is 6.92 Å². The van der Waals surface area contributed by atoms with Gasteiger partial charge in [-0.2, -0.15) is 5.26 Å². The lowest BCUT2D eigenvalue weighted by atomic mass is 10.2. The molecule has 0 atom stereocenters. The highest BCUT2D eigenvalue weighted by atomic mass is 16.2. The number of nitrogens with zero attached hydrogens (tertiary/aromatic N) is 1. The number of rotatable bonds is 2. The molecule has 0 radical (unpaired) electrons. The number of aromatic nitrogens is 1. The van der Waals surface area contributed by atoms with Crippen LogP contribution in [0.25, 0.3) is 0 Å². The molecule has 1 heterocycles. The van der Waals surface area contributed by atoms with Crippen LogP contribution in [0.1, 0.15) is 21.6 Å². The van der Waals surface area contributed by atoms with Crippen LogP contribution in [0, 0.1) is 18.3 Å². The van der Waals surface area contributed by atoms with Crippen molar-refractivity contribution in [3.63, 3.8) is 0 Å². The Hall–Kier alpha value is -2.87. The Morgan fingerprint density at radius 1 is 1.26 bits per heavy atom. The Morgan fingerprint density at radius 3 is 2.53 bits per heavy atom. The number of carbonyl (C=O) groups is 1. The largest absolute Gasteiger partial charge is 0.326 e. The number of hydrogen-bond donors (Lipinski definition) is 2. The maximum absolute atomic E-state index is 11.9. The monoisotopic (exact) mass is 253 g/mol. The molecule has 94 valence electrons. The van der Waals surface area contributed by atoms with Gasteiger partial charge in [-0.1, -0.05) is 0 Å². The third kappa shape index (κ3) is 3.07. The molecule has 5 nitrogen and oxygen atoms in total. The molecule has 0 aliphatic carbocycles. The maximum atomic E-state index is 11.9. The van der Waals surface area contributed by atoms with Crippen molar-refractivity contribution in [1.82, 2.24) is 4.98 Å². The van der Waals surface area contributed by atoms with Crippen molar-refractivity contribution >= 4 is 11.6 Å². The minimum absolute atomic E-state index is 0.297. The number of pyridine rings is 1. The number of nitriles is 1. The van der Waals surface area contributed by atoms with Crippen molar-refractivity contribution in [2.75, 3.05) is 5.32 Å². The quantitative estimate of drug-likeness (QED) is 0.855. The first kappa shape index (κ1) is 12.6. The van der Waals surface area contributed by atoms with Crippen LogP contribution in [0.15, 0.2) is 41.2 Å². The molecule has 0 fully saturated rings. The van der Waals surface area contributed by atoms with E-state index in [2.05, 4.69) is 10.3 Å². The minimum Gasteiger partial charge on any atom is -0.326 e. The van der Waals surface area contributed by atoms with Crippen LogP contribution in [0.4, 0.5) is 5.69 Å². The summed E-state index contributed by atoms with van der Waals surface area (Å²) >= 11 is 0. The molecule has 0 saturated heterocycles. The average Bonchev–Trinajstić information content (AvgIpc) is 2.38. The lowest BCUT2D eigenvalue weighted by Crippen LogP contribution is -2.16. The van der Waals surface area contributed by atoms with Crippen LogP contribution in [0.2, 0.25) is 0 Å². The van der Waals surface area contributed by atoms with Gasteiger partial charge in [0.25, 0.3) is 5.91 Å². The number of aromatic amines is 1. The summed E-state index contributed by atoms with van der Waals surface area (Å²) in [6.07, 6.45) is 0. The zero-order valence-electron chi connectivity index (χ0n) is 10.2. The molecule has 0 saturated carbocycles. The summed E-state index contributed by atoms with van der Waals surface area (Å²) in [6.45, 7) is 1.71. The zero-order chi connectivity index (χ0) is 13.8. The molecule has 1 amide bonds. The molecule has 5 heteroatoms. The number of aryl methyl sites for hydroxylation is 1. The van der Waals surface area contributed by atoms with Crippen LogP contribution >= 0.6 is 0 Å². The van der Waals surface area contributed by atoms with Crippen molar-refractivity contribution in [3.8, 4) is 6.07 Å². The Bertz CT molecular complexity index is 709. The lowest BCUT2D eigenvalue weighted by molar-refractivity contribution is 0.102. The number of nitrogens with one attached hydrogen (secondary N) is 2. The molecule has 0 aliphatic rings. The molecule has 0 aliphatic heterocycles. The second kappa shape index (κ2) is 5.19. The molecule has 0 spiro atoms. The standard InChI is InChI=1S/C14H11N3O2/c1-9-6-11(7-13(18)16-9)14(19)17-12-4-2-10(8-15)3-5-12/h2-7H,1H3,(H,16,18)(H,17,19). The van der Waals surface area contributed by atoms with Gasteiger partial charge in [-0.05, 0) is 37.3 Å². The molecule has 2 N–H and O–H groups in total. The van der Waals surface area contributed by atoms with Gasteiger partial charge in [0.05, 0.1) is 11.6 Å². The highest BCUT2D eigenvalue weighted by molar-refractivity contribution is 6.04. The van der Waals surface area contributed by atoms with Gasteiger partial charge in [-0.15, -0.1) is 0 Å². The molecule has 0 unspecified atom stereocenters. The summed E-state index contributed by atoms with van der Waals surface area (Å²) in [5.74, 6) is -0.362. The Labute approximate surface area is 109 Å². The van der Waals surface area contributed by atoms with E-state index in [9.17, 15) is 9.59 Å². The molecule has 2 rings (SSSR count). The van der Waals surface area contributed by atoms with Gasteiger partial charge in [-0.25, -0.2) is 0 Å². The fraction of sp³-hybridized carbons (Fsp3) is 0.0714. The van der Waals surface area contributed by atoms with Crippen LogP contribution in [0.5, 0.6) is 0 Å². The molecule has 19 heavy (non-hydrogen) atoms. The Kier molecular flexibility index (Phi) is 3.44. The van der Waals surface area contributed by atoms with Crippen LogP contribution in [-0.2, 0) is 0 Å². The normalized spacial score (nSPS) is 9.68. The molecule has 1 aromatic heterocycles.